The van der Waals surface area contributed by atoms with Gasteiger partial charge in [-0.05, 0) is 48.7 Å². The van der Waals surface area contributed by atoms with Crippen molar-refractivity contribution in [3.8, 4) is 5.75 Å². The quantitative estimate of drug-likeness (QED) is 0.629. The lowest BCUT2D eigenvalue weighted by Gasteiger charge is -2.07. The molecule has 0 radical (unpaired) electrons. The Hall–Kier alpha value is -3.00. The normalized spacial score (nSPS) is 15.3. The van der Waals surface area contributed by atoms with E-state index in [4.69, 9.17) is 4.74 Å². The number of hydrogen-bond donors (Lipinski definition) is 3. The van der Waals surface area contributed by atoms with Crippen molar-refractivity contribution in [2.24, 2.45) is 4.99 Å². The molecule has 3 N–H and O–H groups in total. The van der Waals surface area contributed by atoms with E-state index in [0.29, 0.717) is 24.6 Å². The number of carbonyl (C=O) groups is 2. The molecule has 1 atom stereocenters. The first-order valence-electron chi connectivity index (χ1n) is 9.85. The molecule has 0 aromatic heterocycles. The Morgan fingerprint density at radius 3 is 2.50 bits per heavy atom. The maximum Gasteiger partial charge on any atom is 0.319 e. The first kappa shape index (κ1) is 21.7. The lowest BCUT2D eigenvalue weighted by Crippen LogP contribution is -2.28. The van der Waals surface area contributed by atoms with E-state index in [1.165, 1.54) is 0 Å². The monoisotopic (exact) mass is 426 g/mol. The number of nitrogens with zero attached hydrogens (tertiary/aromatic N) is 1. The summed E-state index contributed by atoms with van der Waals surface area (Å²) in [7, 11) is 1.64. The molecule has 158 valence electrons. The minimum Gasteiger partial charge on any atom is -0.497 e. The van der Waals surface area contributed by atoms with Gasteiger partial charge in [-0.15, -0.1) is 0 Å². The number of anilines is 1. The first-order chi connectivity index (χ1) is 14.6. The summed E-state index contributed by atoms with van der Waals surface area (Å²) in [6, 6.07) is 15.1. The van der Waals surface area contributed by atoms with Crippen molar-refractivity contribution in [3.63, 3.8) is 0 Å². The fourth-order valence-corrected chi connectivity index (χ4v) is 3.94. The number of urea groups is 1. The van der Waals surface area contributed by atoms with Crippen LogP contribution in [0.2, 0.25) is 0 Å². The van der Waals surface area contributed by atoms with Gasteiger partial charge in [-0.25, -0.2) is 4.79 Å². The maximum absolute atomic E-state index is 12.3. The van der Waals surface area contributed by atoms with Crippen molar-refractivity contribution in [2.75, 3.05) is 24.7 Å². The highest BCUT2D eigenvalue weighted by molar-refractivity contribution is 8.14. The zero-order chi connectivity index (χ0) is 21.3. The molecule has 0 fully saturated rings. The number of ether oxygens (including phenoxy) is 1. The number of rotatable bonds is 7. The summed E-state index contributed by atoms with van der Waals surface area (Å²) in [5.41, 5.74) is 2.85. The maximum atomic E-state index is 12.3. The number of amidine groups is 1. The number of nitrogens with one attached hydrogen (secondary N) is 3. The van der Waals surface area contributed by atoms with Gasteiger partial charge in [0.05, 0.1) is 13.2 Å². The second kappa shape index (κ2) is 10.7. The number of aryl methyl sites for hydroxylation is 1. The second-order valence-corrected chi connectivity index (χ2v) is 7.77. The topological polar surface area (TPSA) is 91.8 Å². The number of carbonyl (C=O) groups excluding carboxylic acids is 2. The molecule has 7 nitrogen and oxygen atoms in total. The Kier molecular flexibility index (Phi) is 7.73. The van der Waals surface area contributed by atoms with Gasteiger partial charge in [0.2, 0.25) is 5.91 Å². The zero-order valence-corrected chi connectivity index (χ0v) is 17.9. The lowest BCUT2D eigenvalue weighted by atomic mass is 10.1. The largest absolute Gasteiger partial charge is 0.497 e. The Morgan fingerprint density at radius 2 is 1.83 bits per heavy atom. The summed E-state index contributed by atoms with van der Waals surface area (Å²) in [4.78, 5) is 28.4. The number of thioether (sulfide) groups is 1. The van der Waals surface area contributed by atoms with Crippen molar-refractivity contribution in [1.82, 2.24) is 10.6 Å². The van der Waals surface area contributed by atoms with Crippen LogP contribution in [0.3, 0.4) is 0 Å². The average Bonchev–Trinajstić information content (AvgIpc) is 3.22. The highest BCUT2D eigenvalue weighted by atomic mass is 32.2. The van der Waals surface area contributed by atoms with Gasteiger partial charge >= 0.3 is 6.03 Å². The summed E-state index contributed by atoms with van der Waals surface area (Å²) in [6.45, 7) is 2.44. The Labute approximate surface area is 180 Å². The smallest absolute Gasteiger partial charge is 0.319 e. The van der Waals surface area contributed by atoms with Gasteiger partial charge in [-0.2, -0.15) is 0 Å². The molecule has 3 rings (SSSR count). The molecule has 0 saturated carbocycles. The lowest BCUT2D eigenvalue weighted by molar-refractivity contribution is -0.119. The summed E-state index contributed by atoms with van der Waals surface area (Å²) >= 11 is 1.56. The van der Waals surface area contributed by atoms with Crippen LogP contribution < -0.4 is 20.7 Å². The first-order valence-corrected chi connectivity index (χ1v) is 10.8. The van der Waals surface area contributed by atoms with E-state index in [2.05, 4.69) is 20.9 Å². The third kappa shape index (κ3) is 6.25. The molecular weight excluding hydrogens is 400 g/mol. The highest BCUT2D eigenvalue weighted by Crippen LogP contribution is 2.30. The summed E-state index contributed by atoms with van der Waals surface area (Å²) in [5, 5.41) is 9.01. The van der Waals surface area contributed by atoms with Crippen LogP contribution in [0.25, 0.3) is 0 Å². The predicted octanol–water partition coefficient (Wildman–Crippen LogP) is 3.73. The molecule has 0 spiro atoms. The van der Waals surface area contributed by atoms with E-state index in [1.54, 1.807) is 18.9 Å². The zero-order valence-electron chi connectivity index (χ0n) is 17.1. The van der Waals surface area contributed by atoms with Crippen molar-refractivity contribution >= 4 is 34.6 Å². The second-order valence-electron chi connectivity index (χ2n) is 6.76. The van der Waals surface area contributed by atoms with Gasteiger partial charge in [0.15, 0.2) is 5.17 Å². The third-order valence-electron chi connectivity index (χ3n) is 4.59. The van der Waals surface area contributed by atoms with Crippen molar-refractivity contribution in [2.45, 2.75) is 25.8 Å². The van der Waals surface area contributed by atoms with Crippen LogP contribution in [0.1, 0.15) is 30.5 Å². The third-order valence-corrected chi connectivity index (χ3v) is 5.55. The van der Waals surface area contributed by atoms with E-state index >= 15 is 0 Å². The summed E-state index contributed by atoms with van der Waals surface area (Å²) in [5.74, 6) is 1.57. The predicted molar refractivity (Wildman–Crippen MR) is 121 cm³/mol. The molecule has 0 bridgehead atoms. The summed E-state index contributed by atoms with van der Waals surface area (Å²) in [6.07, 6.45) is 0.989. The highest BCUT2D eigenvalue weighted by Gasteiger charge is 2.21. The van der Waals surface area contributed by atoms with E-state index in [0.717, 1.165) is 28.3 Å². The van der Waals surface area contributed by atoms with Crippen LogP contribution in [0.4, 0.5) is 10.5 Å². The van der Waals surface area contributed by atoms with Crippen molar-refractivity contribution in [1.29, 1.82) is 0 Å². The Balaban J connectivity index is 1.45. The van der Waals surface area contributed by atoms with Crippen LogP contribution in [-0.4, -0.2) is 36.5 Å². The van der Waals surface area contributed by atoms with Gasteiger partial charge in [0.1, 0.15) is 5.75 Å². The van der Waals surface area contributed by atoms with Crippen LogP contribution in [-0.2, 0) is 11.2 Å². The van der Waals surface area contributed by atoms with Gasteiger partial charge in [0.25, 0.3) is 0 Å². The Morgan fingerprint density at radius 1 is 1.10 bits per heavy atom. The molecule has 30 heavy (non-hydrogen) atoms. The minimum absolute atomic E-state index is 0.0427. The van der Waals surface area contributed by atoms with Gasteiger partial charge in [0, 0.05) is 24.4 Å². The van der Waals surface area contributed by atoms with E-state index < -0.39 is 0 Å². The minimum atomic E-state index is -0.229. The van der Waals surface area contributed by atoms with Gasteiger partial charge in [-0.1, -0.05) is 36.0 Å². The molecule has 0 aliphatic carbocycles. The molecule has 2 aromatic rings. The molecule has 1 aliphatic heterocycles. The molecular formula is C22H26N4O3S. The SMILES string of the molecule is CCNC(=O)Nc1ccc(CCC(=O)NC2=NC(c3ccc(OC)cc3)CS2)cc1. The van der Waals surface area contributed by atoms with Crippen LogP contribution in [0.5, 0.6) is 5.75 Å². The number of hydrogen-bond acceptors (Lipinski definition) is 5. The number of methoxy groups -OCH3 is 1. The van der Waals surface area contributed by atoms with Crippen molar-refractivity contribution < 1.29 is 14.3 Å². The molecule has 0 saturated heterocycles. The average molecular weight is 427 g/mol. The molecule has 3 amide bonds. The van der Waals surface area contributed by atoms with Crippen LogP contribution >= 0.6 is 11.8 Å². The van der Waals surface area contributed by atoms with Crippen LogP contribution in [0.15, 0.2) is 53.5 Å². The van der Waals surface area contributed by atoms with Gasteiger partial charge in [-0.3, -0.25) is 9.79 Å². The molecule has 1 heterocycles. The van der Waals surface area contributed by atoms with E-state index in [1.807, 2.05) is 55.5 Å². The molecule has 1 aliphatic rings. The van der Waals surface area contributed by atoms with Crippen LogP contribution in [0, 0.1) is 0 Å². The molecule has 2 aromatic carbocycles. The number of aliphatic imine (C=N–C) groups is 1. The Bertz CT molecular complexity index is 898. The molecule has 1 unspecified atom stereocenters. The van der Waals surface area contributed by atoms with E-state index in [-0.39, 0.29) is 18.0 Å². The standard InChI is InChI=1S/C22H26N4O3S/c1-3-23-21(28)24-17-9-4-15(5-10-17)6-13-20(27)26-22-25-19(14-30-22)16-7-11-18(29-2)12-8-16/h4-5,7-12,19H,3,6,13-14H2,1-2H3,(H2,23,24,28)(H,25,26,27). The number of amides is 3. The number of benzene rings is 2. The van der Waals surface area contributed by atoms with Crippen molar-refractivity contribution in [3.05, 3.63) is 59.7 Å². The van der Waals surface area contributed by atoms with E-state index in [9.17, 15) is 9.59 Å². The molecule has 8 heteroatoms. The van der Waals surface area contributed by atoms with Gasteiger partial charge < -0.3 is 20.7 Å². The fraction of sp³-hybridized carbons (Fsp3) is 0.318. The fourth-order valence-electron chi connectivity index (χ4n) is 2.97. The summed E-state index contributed by atoms with van der Waals surface area (Å²) < 4.78 is 5.18.